The Kier molecular flexibility index (Phi) is 10.7. The lowest BCUT2D eigenvalue weighted by atomic mass is 9.95. The fourth-order valence-electron chi connectivity index (χ4n) is 4.51. The second-order valence-corrected chi connectivity index (χ2v) is 13.0. The van der Waals surface area contributed by atoms with Crippen molar-refractivity contribution in [3.63, 3.8) is 0 Å². The number of carbonyl (C=O) groups is 3. The first kappa shape index (κ1) is 35.1. The predicted octanol–water partition coefficient (Wildman–Crippen LogP) is 6.52. The highest BCUT2D eigenvalue weighted by Crippen LogP contribution is 2.36. The second kappa shape index (κ2) is 14.3. The summed E-state index contributed by atoms with van der Waals surface area (Å²) in [7, 11) is 0. The molecule has 4 aromatic rings. The van der Waals surface area contributed by atoms with E-state index in [2.05, 4.69) is 20.6 Å². The Labute approximate surface area is 274 Å². The molecule has 2 amide bonds. The van der Waals surface area contributed by atoms with Crippen LogP contribution in [0.3, 0.4) is 0 Å². The Bertz CT molecular complexity index is 1730. The molecule has 0 aliphatic rings. The molecule has 0 aliphatic carbocycles. The van der Waals surface area contributed by atoms with Crippen LogP contribution in [0.25, 0.3) is 22.5 Å². The van der Waals surface area contributed by atoms with Crippen LogP contribution >= 0.6 is 11.3 Å². The number of carbonyl (C=O) groups excluding carboxylic acids is 2. The summed E-state index contributed by atoms with van der Waals surface area (Å²) in [5.41, 5.74) is 0.904. The van der Waals surface area contributed by atoms with Crippen LogP contribution in [0.15, 0.2) is 67.0 Å². The van der Waals surface area contributed by atoms with E-state index in [1.165, 1.54) is 36.7 Å². The second-order valence-electron chi connectivity index (χ2n) is 11.9. The lowest BCUT2D eigenvalue weighted by Crippen LogP contribution is -2.51. The van der Waals surface area contributed by atoms with Crippen molar-refractivity contribution in [2.24, 2.45) is 0 Å². The molecular formula is C34H35F3N4O5S. The maximum absolute atomic E-state index is 13.5. The maximum atomic E-state index is 13.5. The van der Waals surface area contributed by atoms with E-state index in [1.807, 2.05) is 26.8 Å². The fraction of sp³-hybridized carbons (Fsp3) is 0.324. The van der Waals surface area contributed by atoms with Gasteiger partial charge >= 0.3 is 12.1 Å². The molecule has 13 heteroatoms. The van der Waals surface area contributed by atoms with Crippen LogP contribution in [-0.4, -0.2) is 51.5 Å². The van der Waals surface area contributed by atoms with Crippen LogP contribution in [0.2, 0.25) is 0 Å². The van der Waals surface area contributed by atoms with Crippen molar-refractivity contribution in [2.45, 2.75) is 64.7 Å². The summed E-state index contributed by atoms with van der Waals surface area (Å²) in [6.45, 7) is 9.31. The van der Waals surface area contributed by atoms with E-state index in [1.54, 1.807) is 37.3 Å². The Hall–Kier alpha value is -4.78. The van der Waals surface area contributed by atoms with Crippen molar-refractivity contribution in [1.29, 1.82) is 0 Å². The monoisotopic (exact) mass is 668 g/mol. The molecule has 2 heterocycles. The lowest BCUT2D eigenvalue weighted by molar-refractivity contribution is -0.141. The Morgan fingerprint density at radius 2 is 1.57 bits per heavy atom. The van der Waals surface area contributed by atoms with Gasteiger partial charge in [0, 0.05) is 34.8 Å². The number of alkyl halides is 3. The summed E-state index contributed by atoms with van der Waals surface area (Å²) < 4.78 is 45.7. The lowest BCUT2D eigenvalue weighted by Gasteiger charge is -2.20. The summed E-state index contributed by atoms with van der Waals surface area (Å²) in [5, 5.41) is 14.4. The third-order valence-corrected chi connectivity index (χ3v) is 8.61. The fourth-order valence-corrected chi connectivity index (χ4v) is 5.48. The highest BCUT2D eigenvalue weighted by atomic mass is 32.1. The molecule has 0 spiro atoms. The van der Waals surface area contributed by atoms with Crippen molar-refractivity contribution >= 4 is 29.1 Å². The quantitative estimate of drug-likeness (QED) is 0.166. The van der Waals surface area contributed by atoms with Crippen LogP contribution in [0.1, 0.15) is 60.3 Å². The predicted molar refractivity (Wildman–Crippen MR) is 172 cm³/mol. The first-order valence-electron chi connectivity index (χ1n) is 14.8. The number of aliphatic carboxylic acids is 1. The number of amides is 2. The van der Waals surface area contributed by atoms with Crippen molar-refractivity contribution in [3.8, 4) is 28.3 Å². The molecule has 47 heavy (non-hydrogen) atoms. The SMILES string of the molecule is CCOc1cc(-c2cnc(-c3ccc(CC(NC(=O)c4ccc(C(C)(C)C)s4)C(=O)NC(C)C(=O)O)cc3)nc2)cc(C(F)(F)F)c1. The third-order valence-electron chi connectivity index (χ3n) is 7.10. The Morgan fingerprint density at radius 1 is 0.915 bits per heavy atom. The van der Waals surface area contributed by atoms with Crippen LogP contribution in [-0.2, 0) is 27.6 Å². The highest BCUT2D eigenvalue weighted by molar-refractivity contribution is 7.14. The molecule has 2 aromatic carbocycles. The molecule has 3 N–H and O–H groups in total. The smallest absolute Gasteiger partial charge is 0.416 e. The van der Waals surface area contributed by atoms with Gasteiger partial charge in [-0.25, -0.2) is 9.97 Å². The van der Waals surface area contributed by atoms with Crippen molar-refractivity contribution < 1.29 is 37.4 Å². The Balaban J connectivity index is 1.53. The summed E-state index contributed by atoms with van der Waals surface area (Å²) in [6, 6.07) is 11.7. The van der Waals surface area contributed by atoms with Gasteiger partial charge in [-0.3, -0.25) is 14.4 Å². The van der Waals surface area contributed by atoms with E-state index in [0.29, 0.717) is 27.4 Å². The number of halogens is 3. The van der Waals surface area contributed by atoms with Gasteiger partial charge in [-0.2, -0.15) is 13.2 Å². The number of hydrogen-bond acceptors (Lipinski definition) is 7. The molecule has 0 radical (unpaired) electrons. The van der Waals surface area contributed by atoms with Crippen LogP contribution < -0.4 is 15.4 Å². The number of rotatable bonds is 11. The minimum Gasteiger partial charge on any atom is -0.494 e. The zero-order valence-electron chi connectivity index (χ0n) is 26.4. The summed E-state index contributed by atoms with van der Waals surface area (Å²) >= 11 is 1.32. The highest BCUT2D eigenvalue weighted by Gasteiger charge is 2.32. The summed E-state index contributed by atoms with van der Waals surface area (Å²) in [6.07, 6.45) is -1.63. The van der Waals surface area contributed by atoms with Crippen molar-refractivity contribution in [3.05, 3.63) is 87.9 Å². The third kappa shape index (κ3) is 9.16. The van der Waals surface area contributed by atoms with E-state index >= 15 is 0 Å². The van der Waals surface area contributed by atoms with E-state index in [0.717, 1.165) is 17.0 Å². The molecule has 2 atom stereocenters. The van der Waals surface area contributed by atoms with Gasteiger partial charge in [0.25, 0.3) is 5.91 Å². The molecule has 9 nitrogen and oxygen atoms in total. The number of nitrogens with one attached hydrogen (secondary N) is 2. The average molecular weight is 669 g/mol. The number of carboxylic acid groups (broad SMARTS) is 1. The van der Waals surface area contributed by atoms with Gasteiger partial charge in [0.05, 0.1) is 17.0 Å². The topological polar surface area (TPSA) is 131 Å². The zero-order chi connectivity index (χ0) is 34.5. The van der Waals surface area contributed by atoms with Gasteiger partial charge < -0.3 is 20.5 Å². The number of nitrogens with zero attached hydrogens (tertiary/aromatic N) is 2. The van der Waals surface area contributed by atoms with Gasteiger partial charge in [0.15, 0.2) is 5.82 Å². The normalized spacial score (nSPS) is 13.0. The van der Waals surface area contributed by atoms with Crippen molar-refractivity contribution in [2.75, 3.05) is 6.61 Å². The number of benzene rings is 2. The summed E-state index contributed by atoms with van der Waals surface area (Å²) in [5.74, 6) is -1.90. The minimum absolute atomic E-state index is 0.0687. The zero-order valence-corrected chi connectivity index (χ0v) is 27.3. The van der Waals surface area contributed by atoms with Gasteiger partial charge in [-0.1, -0.05) is 45.0 Å². The van der Waals surface area contributed by atoms with Gasteiger partial charge in [-0.15, -0.1) is 11.3 Å². The number of hydrogen-bond donors (Lipinski definition) is 3. The molecule has 4 rings (SSSR count). The molecule has 0 saturated heterocycles. The van der Waals surface area contributed by atoms with Crippen LogP contribution in [0.4, 0.5) is 13.2 Å². The molecule has 0 saturated carbocycles. The standard InChI is InChI=1S/C34H35F3N4O5S/c1-6-46-25-15-22(14-24(16-25)34(35,36)37)23-17-38-29(39-18-23)21-9-7-20(8-10-21)13-26(30(42)40-19(2)32(44)45)41-31(43)27-11-12-28(47-27)33(3,4)5/h7-12,14-19,26H,6,13H2,1-5H3,(H,40,42)(H,41,43)(H,44,45). The number of ether oxygens (including phenoxy) is 1. The van der Waals surface area contributed by atoms with E-state index in [-0.39, 0.29) is 29.8 Å². The van der Waals surface area contributed by atoms with Crippen molar-refractivity contribution in [1.82, 2.24) is 20.6 Å². The number of thiophene rings is 1. The average Bonchev–Trinajstić information content (AvgIpc) is 3.52. The number of aromatic nitrogens is 2. The van der Waals surface area contributed by atoms with Gasteiger partial charge in [0.2, 0.25) is 5.91 Å². The van der Waals surface area contributed by atoms with Gasteiger partial charge in [-0.05, 0) is 60.7 Å². The van der Waals surface area contributed by atoms with Crippen LogP contribution in [0, 0.1) is 0 Å². The molecule has 2 aromatic heterocycles. The molecule has 0 bridgehead atoms. The summed E-state index contributed by atoms with van der Waals surface area (Å²) in [4.78, 5) is 47.7. The first-order chi connectivity index (χ1) is 22.0. The number of carboxylic acids is 1. The first-order valence-corrected chi connectivity index (χ1v) is 15.6. The van der Waals surface area contributed by atoms with Crippen LogP contribution in [0.5, 0.6) is 5.75 Å². The molecule has 0 fully saturated rings. The molecular weight excluding hydrogens is 633 g/mol. The van der Waals surface area contributed by atoms with Gasteiger partial charge in [0.1, 0.15) is 17.8 Å². The molecule has 0 aliphatic heterocycles. The van der Waals surface area contributed by atoms with E-state index in [9.17, 15) is 32.7 Å². The minimum atomic E-state index is -4.55. The van der Waals surface area contributed by atoms with E-state index in [4.69, 9.17) is 4.74 Å². The molecule has 248 valence electrons. The maximum Gasteiger partial charge on any atom is 0.416 e. The molecule has 2 unspecified atom stereocenters. The Morgan fingerprint density at radius 3 is 2.13 bits per heavy atom. The largest absolute Gasteiger partial charge is 0.494 e. The van der Waals surface area contributed by atoms with E-state index < -0.39 is 41.6 Å².